The predicted octanol–water partition coefficient (Wildman–Crippen LogP) is 3.89. The molecule has 0 bridgehead atoms. The van der Waals surface area contributed by atoms with Crippen molar-refractivity contribution in [1.82, 2.24) is 0 Å². The second-order valence-corrected chi connectivity index (χ2v) is 6.02. The summed E-state index contributed by atoms with van der Waals surface area (Å²) in [4.78, 5) is 23.4. The second kappa shape index (κ2) is 8.39. The summed E-state index contributed by atoms with van der Waals surface area (Å²) in [6.45, 7) is 0. The fourth-order valence-electron chi connectivity index (χ4n) is 2.10. The smallest absolute Gasteiger partial charge is 0.307 e. The van der Waals surface area contributed by atoms with Crippen LogP contribution in [0.5, 0.6) is 0 Å². The minimum atomic E-state index is -0.843. The van der Waals surface area contributed by atoms with Crippen LogP contribution in [-0.2, 0) is 11.2 Å². The molecule has 1 atom stereocenters. The fourth-order valence-corrected chi connectivity index (χ4v) is 3.06. The molecular formula is C18H18O3S. The molecule has 0 spiro atoms. The molecule has 114 valence electrons. The number of aliphatic carboxylic acids is 1. The third-order valence-corrected chi connectivity index (χ3v) is 4.47. The van der Waals surface area contributed by atoms with Crippen molar-refractivity contribution in [1.29, 1.82) is 0 Å². The summed E-state index contributed by atoms with van der Waals surface area (Å²) in [7, 11) is 0. The molecule has 2 rings (SSSR count). The molecule has 0 aromatic heterocycles. The Morgan fingerprint density at radius 2 is 1.55 bits per heavy atom. The molecule has 0 saturated heterocycles. The van der Waals surface area contributed by atoms with Gasteiger partial charge in [-0.05, 0) is 18.4 Å². The van der Waals surface area contributed by atoms with E-state index in [2.05, 4.69) is 0 Å². The average molecular weight is 314 g/mol. The van der Waals surface area contributed by atoms with E-state index in [1.54, 1.807) is 24.3 Å². The second-order valence-electron chi connectivity index (χ2n) is 5.02. The molecule has 3 nitrogen and oxygen atoms in total. The number of carbonyl (C=O) groups excluding carboxylic acids is 1. The Hall–Kier alpha value is -2.07. The van der Waals surface area contributed by atoms with E-state index in [9.17, 15) is 14.7 Å². The molecule has 2 aromatic carbocycles. The molecule has 22 heavy (non-hydrogen) atoms. The first-order valence-corrected chi connectivity index (χ1v) is 8.14. The molecule has 4 heteroatoms. The van der Waals surface area contributed by atoms with E-state index in [1.165, 1.54) is 0 Å². The lowest BCUT2D eigenvalue weighted by atomic mass is 10.0. The van der Waals surface area contributed by atoms with Crippen LogP contribution in [-0.4, -0.2) is 21.9 Å². The van der Waals surface area contributed by atoms with Crippen LogP contribution >= 0.6 is 11.8 Å². The third-order valence-electron chi connectivity index (χ3n) is 3.40. The standard InChI is InChI=1S/C18H18O3S/c19-17(20)16(12-11-14-7-3-1-4-8-14)13-22-18(21)15-9-5-2-6-10-15/h1-10,16H,11-13H2,(H,19,20)/t16-/m1/s1. The Kier molecular flexibility index (Phi) is 6.22. The van der Waals surface area contributed by atoms with E-state index < -0.39 is 11.9 Å². The molecule has 0 unspecified atom stereocenters. The third kappa shape index (κ3) is 5.04. The summed E-state index contributed by atoms with van der Waals surface area (Å²) >= 11 is 1.08. The lowest BCUT2D eigenvalue weighted by Gasteiger charge is -2.11. The fraction of sp³-hybridized carbons (Fsp3) is 0.222. The van der Waals surface area contributed by atoms with Gasteiger partial charge in [0.05, 0.1) is 5.92 Å². The molecule has 0 aliphatic rings. The molecule has 0 radical (unpaired) electrons. The lowest BCUT2D eigenvalue weighted by Crippen LogP contribution is -2.18. The highest BCUT2D eigenvalue weighted by Crippen LogP contribution is 2.19. The van der Waals surface area contributed by atoms with Crippen LogP contribution in [0, 0.1) is 5.92 Å². The molecular weight excluding hydrogens is 296 g/mol. The number of carboxylic acid groups (broad SMARTS) is 1. The summed E-state index contributed by atoms with van der Waals surface area (Å²) in [5, 5.41) is 9.23. The van der Waals surface area contributed by atoms with Crippen LogP contribution < -0.4 is 0 Å². The van der Waals surface area contributed by atoms with Crippen LogP contribution in [0.4, 0.5) is 0 Å². The SMILES string of the molecule is O=C(SC[C@@H](CCc1ccccc1)C(=O)O)c1ccccc1. The molecule has 0 saturated carbocycles. The molecule has 2 aromatic rings. The Balaban J connectivity index is 1.87. The Bertz CT molecular complexity index is 611. The highest BCUT2D eigenvalue weighted by molar-refractivity contribution is 8.14. The van der Waals surface area contributed by atoms with Gasteiger partial charge in [-0.1, -0.05) is 72.4 Å². The van der Waals surface area contributed by atoms with Gasteiger partial charge >= 0.3 is 5.97 Å². The van der Waals surface area contributed by atoms with Crippen LogP contribution in [0.25, 0.3) is 0 Å². The van der Waals surface area contributed by atoms with Gasteiger partial charge in [-0.2, -0.15) is 0 Å². The van der Waals surface area contributed by atoms with Crippen molar-refractivity contribution < 1.29 is 14.7 Å². The van der Waals surface area contributed by atoms with Gasteiger partial charge in [-0.3, -0.25) is 9.59 Å². The van der Waals surface area contributed by atoms with Gasteiger partial charge in [0.25, 0.3) is 0 Å². The molecule has 0 aliphatic heterocycles. The summed E-state index contributed by atoms with van der Waals surface area (Å²) in [5.41, 5.74) is 1.73. The van der Waals surface area contributed by atoms with E-state index >= 15 is 0 Å². The largest absolute Gasteiger partial charge is 0.481 e. The Morgan fingerprint density at radius 1 is 0.955 bits per heavy atom. The minimum absolute atomic E-state index is 0.0773. The zero-order valence-corrected chi connectivity index (χ0v) is 13.0. The maximum atomic E-state index is 12.0. The number of carboxylic acids is 1. The number of thioether (sulfide) groups is 1. The van der Waals surface area contributed by atoms with Gasteiger partial charge < -0.3 is 5.11 Å². The summed E-state index contributed by atoms with van der Waals surface area (Å²) in [6.07, 6.45) is 1.24. The Morgan fingerprint density at radius 3 is 2.14 bits per heavy atom. The van der Waals surface area contributed by atoms with E-state index in [4.69, 9.17) is 0 Å². The van der Waals surface area contributed by atoms with E-state index in [0.717, 1.165) is 17.3 Å². The van der Waals surface area contributed by atoms with Crippen molar-refractivity contribution in [2.24, 2.45) is 5.92 Å². The maximum absolute atomic E-state index is 12.0. The van der Waals surface area contributed by atoms with Crippen molar-refractivity contribution >= 4 is 22.8 Å². The number of carbonyl (C=O) groups is 2. The molecule has 1 N–H and O–H groups in total. The van der Waals surface area contributed by atoms with Gasteiger partial charge in [-0.15, -0.1) is 0 Å². The summed E-state index contributed by atoms with van der Waals surface area (Å²) in [6, 6.07) is 18.7. The van der Waals surface area contributed by atoms with Crippen molar-refractivity contribution in [3.8, 4) is 0 Å². The molecule has 0 aliphatic carbocycles. The van der Waals surface area contributed by atoms with Gasteiger partial charge in [0.1, 0.15) is 0 Å². The van der Waals surface area contributed by atoms with Crippen LogP contribution in [0.15, 0.2) is 60.7 Å². The first kappa shape index (κ1) is 16.3. The molecule has 0 amide bonds. The van der Waals surface area contributed by atoms with Gasteiger partial charge in [-0.25, -0.2) is 0 Å². The summed E-state index contributed by atoms with van der Waals surface area (Å²) < 4.78 is 0. The van der Waals surface area contributed by atoms with E-state index in [1.807, 2.05) is 36.4 Å². The number of aryl methyl sites for hydroxylation is 1. The van der Waals surface area contributed by atoms with Gasteiger partial charge in [0.2, 0.25) is 5.12 Å². The van der Waals surface area contributed by atoms with Crippen LogP contribution in [0.3, 0.4) is 0 Å². The van der Waals surface area contributed by atoms with Gasteiger partial charge in [0.15, 0.2) is 0 Å². The van der Waals surface area contributed by atoms with E-state index in [0.29, 0.717) is 24.2 Å². The zero-order chi connectivity index (χ0) is 15.8. The van der Waals surface area contributed by atoms with E-state index in [-0.39, 0.29) is 5.12 Å². The number of hydrogen-bond donors (Lipinski definition) is 1. The highest BCUT2D eigenvalue weighted by atomic mass is 32.2. The average Bonchev–Trinajstić information content (AvgIpc) is 2.56. The van der Waals surface area contributed by atoms with Crippen molar-refractivity contribution in [3.63, 3.8) is 0 Å². The quantitative estimate of drug-likeness (QED) is 0.842. The lowest BCUT2D eigenvalue weighted by molar-refractivity contribution is -0.141. The van der Waals surface area contributed by atoms with Crippen LogP contribution in [0.2, 0.25) is 0 Å². The first-order chi connectivity index (χ1) is 10.7. The predicted molar refractivity (Wildman–Crippen MR) is 89.1 cm³/mol. The Labute approximate surface area is 134 Å². The number of hydrogen-bond acceptors (Lipinski definition) is 3. The number of benzene rings is 2. The number of rotatable bonds is 7. The minimum Gasteiger partial charge on any atom is -0.481 e. The highest BCUT2D eigenvalue weighted by Gasteiger charge is 2.19. The monoisotopic (exact) mass is 314 g/mol. The maximum Gasteiger partial charge on any atom is 0.307 e. The topological polar surface area (TPSA) is 54.4 Å². The first-order valence-electron chi connectivity index (χ1n) is 7.15. The molecule has 0 heterocycles. The van der Waals surface area contributed by atoms with Gasteiger partial charge in [0, 0.05) is 11.3 Å². The normalized spacial score (nSPS) is 11.8. The zero-order valence-electron chi connectivity index (χ0n) is 12.1. The van der Waals surface area contributed by atoms with Crippen molar-refractivity contribution in [3.05, 3.63) is 71.8 Å². The van der Waals surface area contributed by atoms with Crippen LogP contribution in [0.1, 0.15) is 22.3 Å². The molecule has 0 fully saturated rings. The summed E-state index contributed by atoms with van der Waals surface area (Å²) in [5.74, 6) is -1.06. The van der Waals surface area contributed by atoms with Crippen molar-refractivity contribution in [2.75, 3.05) is 5.75 Å². The van der Waals surface area contributed by atoms with Crippen molar-refractivity contribution in [2.45, 2.75) is 12.8 Å².